The van der Waals surface area contributed by atoms with E-state index in [9.17, 15) is 4.79 Å². The zero-order valence-corrected chi connectivity index (χ0v) is 14.1. The van der Waals surface area contributed by atoms with Crippen LogP contribution in [0.5, 0.6) is 5.75 Å². The molecule has 1 atom stereocenters. The molecular weight excluding hydrogens is 368 g/mol. The normalized spacial score (nSPS) is 12.1. The zero-order chi connectivity index (χ0) is 15.9. The van der Waals surface area contributed by atoms with Crippen molar-refractivity contribution in [3.63, 3.8) is 0 Å². The number of halogens is 2. The van der Waals surface area contributed by atoms with Crippen molar-refractivity contribution in [1.29, 1.82) is 0 Å². The van der Waals surface area contributed by atoms with E-state index in [-0.39, 0.29) is 5.91 Å². The van der Waals surface area contributed by atoms with Gasteiger partial charge in [-0.1, -0.05) is 39.7 Å². The van der Waals surface area contributed by atoms with Gasteiger partial charge in [0.2, 0.25) is 0 Å². The molecule has 1 N–H and O–H groups in total. The molecule has 0 fully saturated rings. The molecule has 0 spiro atoms. The van der Waals surface area contributed by atoms with E-state index in [4.69, 9.17) is 16.3 Å². The van der Waals surface area contributed by atoms with Gasteiger partial charge in [0, 0.05) is 9.50 Å². The van der Waals surface area contributed by atoms with Crippen LogP contribution in [0.4, 0.5) is 0 Å². The van der Waals surface area contributed by atoms with Gasteiger partial charge in [0.25, 0.3) is 5.91 Å². The van der Waals surface area contributed by atoms with Crippen molar-refractivity contribution in [2.75, 3.05) is 0 Å². The number of hydrogen-bond donors (Lipinski definition) is 1. The smallest absolute Gasteiger partial charge is 0.280 e. The van der Waals surface area contributed by atoms with Gasteiger partial charge >= 0.3 is 0 Å². The fourth-order valence-corrected chi connectivity index (χ4v) is 2.08. The third kappa shape index (κ3) is 5.16. The minimum Gasteiger partial charge on any atom is -0.481 e. The molecule has 0 aromatic heterocycles. The second-order valence-corrected chi connectivity index (χ2v) is 5.86. The van der Waals surface area contributed by atoms with E-state index in [1.165, 1.54) is 6.21 Å². The summed E-state index contributed by atoms with van der Waals surface area (Å²) in [4.78, 5) is 11.9. The van der Waals surface area contributed by atoms with Crippen molar-refractivity contribution in [3.8, 4) is 5.75 Å². The first-order valence-corrected chi connectivity index (χ1v) is 7.72. The van der Waals surface area contributed by atoms with Gasteiger partial charge in [-0.05, 0) is 48.9 Å². The Hall–Kier alpha value is -1.85. The number of amides is 1. The van der Waals surface area contributed by atoms with Gasteiger partial charge in [-0.15, -0.1) is 0 Å². The fraction of sp³-hybridized carbons (Fsp3) is 0.125. The van der Waals surface area contributed by atoms with Crippen LogP contribution in [0.2, 0.25) is 5.02 Å². The predicted molar refractivity (Wildman–Crippen MR) is 91.4 cm³/mol. The molecule has 2 aromatic rings. The summed E-state index contributed by atoms with van der Waals surface area (Å²) in [6.07, 6.45) is 0.869. The van der Waals surface area contributed by atoms with Gasteiger partial charge in [-0.25, -0.2) is 5.43 Å². The van der Waals surface area contributed by atoms with Crippen LogP contribution >= 0.6 is 27.5 Å². The first-order valence-electron chi connectivity index (χ1n) is 6.55. The number of carbonyl (C=O) groups is 1. The standard InChI is InChI=1S/C16H14BrClN2O2/c1-11(22-15-7-5-13(17)6-8-15)16(21)20-19-10-12-3-2-4-14(18)9-12/h2-11H,1H3,(H,20,21)/b19-10-/t11-/m1/s1. The topological polar surface area (TPSA) is 50.7 Å². The number of ether oxygens (including phenoxy) is 1. The summed E-state index contributed by atoms with van der Waals surface area (Å²) < 4.78 is 6.47. The third-order valence-corrected chi connectivity index (χ3v) is 3.50. The highest BCUT2D eigenvalue weighted by Gasteiger charge is 2.13. The van der Waals surface area contributed by atoms with Gasteiger partial charge in [0.05, 0.1) is 6.21 Å². The molecule has 0 saturated carbocycles. The number of hydrogen-bond acceptors (Lipinski definition) is 3. The van der Waals surface area contributed by atoms with Crippen LogP contribution in [0.15, 0.2) is 58.1 Å². The molecule has 0 aliphatic carbocycles. The molecule has 2 rings (SSSR count). The second kappa shape index (κ2) is 7.96. The van der Waals surface area contributed by atoms with E-state index in [2.05, 4.69) is 26.5 Å². The maximum atomic E-state index is 11.9. The maximum Gasteiger partial charge on any atom is 0.280 e. The molecule has 0 saturated heterocycles. The Morgan fingerprint density at radius 3 is 2.73 bits per heavy atom. The van der Waals surface area contributed by atoms with Crippen molar-refractivity contribution >= 4 is 39.7 Å². The van der Waals surface area contributed by atoms with Crippen LogP contribution in [0.3, 0.4) is 0 Å². The quantitative estimate of drug-likeness (QED) is 0.628. The second-order valence-electron chi connectivity index (χ2n) is 4.50. The largest absolute Gasteiger partial charge is 0.481 e. The highest BCUT2D eigenvalue weighted by atomic mass is 79.9. The molecule has 0 aliphatic heterocycles. The van der Waals surface area contributed by atoms with Gasteiger partial charge in [0.1, 0.15) is 5.75 Å². The van der Waals surface area contributed by atoms with Gasteiger partial charge < -0.3 is 4.74 Å². The molecule has 0 unspecified atom stereocenters. The Balaban J connectivity index is 1.87. The minimum absolute atomic E-state index is 0.332. The Morgan fingerprint density at radius 2 is 2.05 bits per heavy atom. The molecule has 2 aromatic carbocycles. The van der Waals surface area contributed by atoms with Crippen molar-refractivity contribution in [3.05, 3.63) is 63.6 Å². The highest BCUT2D eigenvalue weighted by molar-refractivity contribution is 9.10. The van der Waals surface area contributed by atoms with E-state index in [0.29, 0.717) is 10.8 Å². The highest BCUT2D eigenvalue weighted by Crippen LogP contribution is 2.17. The van der Waals surface area contributed by atoms with E-state index in [1.54, 1.807) is 31.2 Å². The molecule has 114 valence electrons. The summed E-state index contributed by atoms with van der Waals surface area (Å²) in [5.74, 6) is 0.283. The van der Waals surface area contributed by atoms with Crippen LogP contribution in [0.1, 0.15) is 12.5 Å². The summed E-state index contributed by atoms with van der Waals surface area (Å²) in [7, 11) is 0. The molecule has 4 nitrogen and oxygen atoms in total. The first kappa shape index (κ1) is 16.5. The number of rotatable bonds is 5. The molecule has 0 heterocycles. The molecule has 0 aliphatic rings. The zero-order valence-electron chi connectivity index (χ0n) is 11.8. The van der Waals surface area contributed by atoms with Gasteiger partial charge in [-0.2, -0.15) is 5.10 Å². The molecule has 22 heavy (non-hydrogen) atoms. The summed E-state index contributed by atoms with van der Waals surface area (Å²) in [6.45, 7) is 1.66. The minimum atomic E-state index is -0.655. The Kier molecular flexibility index (Phi) is 5.98. The SMILES string of the molecule is C[C@@H](Oc1ccc(Br)cc1)C(=O)N/N=C\c1cccc(Cl)c1. The van der Waals surface area contributed by atoms with E-state index in [1.807, 2.05) is 24.3 Å². The lowest BCUT2D eigenvalue weighted by molar-refractivity contribution is -0.127. The number of nitrogens with one attached hydrogen (secondary N) is 1. The molecule has 0 radical (unpaired) electrons. The summed E-state index contributed by atoms with van der Waals surface area (Å²) in [5, 5.41) is 4.50. The Morgan fingerprint density at radius 1 is 1.32 bits per heavy atom. The monoisotopic (exact) mass is 380 g/mol. The molecule has 6 heteroatoms. The predicted octanol–water partition coefficient (Wildman–Crippen LogP) is 4.02. The molecular formula is C16H14BrClN2O2. The lowest BCUT2D eigenvalue weighted by atomic mass is 10.2. The van der Waals surface area contributed by atoms with Crippen LogP contribution in [-0.4, -0.2) is 18.2 Å². The van der Waals surface area contributed by atoms with Crippen LogP contribution in [-0.2, 0) is 4.79 Å². The van der Waals surface area contributed by atoms with Crippen molar-refractivity contribution < 1.29 is 9.53 Å². The van der Waals surface area contributed by atoms with Gasteiger partial charge in [0.15, 0.2) is 6.10 Å². The van der Waals surface area contributed by atoms with Crippen molar-refractivity contribution in [2.24, 2.45) is 5.10 Å². The van der Waals surface area contributed by atoms with Crippen molar-refractivity contribution in [2.45, 2.75) is 13.0 Å². The summed E-state index contributed by atoms with van der Waals surface area (Å²) in [6, 6.07) is 14.4. The van der Waals surface area contributed by atoms with E-state index in [0.717, 1.165) is 10.0 Å². The van der Waals surface area contributed by atoms with Crippen LogP contribution < -0.4 is 10.2 Å². The lowest BCUT2D eigenvalue weighted by Gasteiger charge is -2.12. The third-order valence-electron chi connectivity index (χ3n) is 2.73. The van der Waals surface area contributed by atoms with Crippen LogP contribution in [0, 0.1) is 0 Å². The van der Waals surface area contributed by atoms with E-state index >= 15 is 0 Å². The number of carbonyl (C=O) groups excluding carboxylic acids is 1. The maximum absolute atomic E-state index is 11.9. The average Bonchev–Trinajstić information content (AvgIpc) is 2.49. The molecule has 1 amide bonds. The number of benzene rings is 2. The van der Waals surface area contributed by atoms with Gasteiger partial charge in [-0.3, -0.25) is 4.79 Å². The molecule has 0 bridgehead atoms. The fourth-order valence-electron chi connectivity index (χ4n) is 1.62. The van der Waals surface area contributed by atoms with E-state index < -0.39 is 6.10 Å². The summed E-state index contributed by atoms with van der Waals surface area (Å²) >= 11 is 9.20. The Labute approximate surface area is 142 Å². The van der Waals surface area contributed by atoms with Crippen LogP contribution in [0.25, 0.3) is 0 Å². The number of hydrazone groups is 1. The lowest BCUT2D eigenvalue weighted by Crippen LogP contribution is -2.33. The first-order chi connectivity index (χ1) is 10.5. The number of nitrogens with zero attached hydrogens (tertiary/aromatic N) is 1. The van der Waals surface area contributed by atoms with Crippen molar-refractivity contribution in [1.82, 2.24) is 5.43 Å². The summed E-state index contributed by atoms with van der Waals surface area (Å²) in [5.41, 5.74) is 3.24. The Bertz CT molecular complexity index is 674. The average molecular weight is 382 g/mol.